The molecule has 1 aliphatic rings. The summed E-state index contributed by atoms with van der Waals surface area (Å²) in [5.74, 6) is -0.791. The van der Waals surface area contributed by atoms with Gasteiger partial charge in [-0.1, -0.05) is 0 Å². The van der Waals surface area contributed by atoms with Crippen molar-refractivity contribution in [3.8, 4) is 0 Å². The summed E-state index contributed by atoms with van der Waals surface area (Å²) in [7, 11) is 1.69. The van der Waals surface area contributed by atoms with Crippen molar-refractivity contribution >= 4 is 5.97 Å². The Kier molecular flexibility index (Phi) is 4.86. The molecule has 0 radical (unpaired) electrons. The van der Waals surface area contributed by atoms with E-state index in [1.165, 1.54) is 0 Å². The third-order valence-electron chi connectivity index (χ3n) is 2.43. The highest BCUT2D eigenvalue weighted by Gasteiger charge is 2.21. The molecule has 0 aliphatic carbocycles. The second-order valence-corrected chi connectivity index (χ2v) is 3.55. The van der Waals surface area contributed by atoms with E-state index in [0.717, 1.165) is 32.7 Å². The van der Waals surface area contributed by atoms with Gasteiger partial charge in [0.25, 0.3) is 0 Å². The molecule has 1 heterocycles. The molecule has 0 bridgehead atoms. The molecule has 0 aromatic rings. The first-order valence-corrected chi connectivity index (χ1v) is 4.89. The fraction of sp³-hybridized carbons (Fsp3) is 0.889. The molecule has 1 saturated heterocycles. The number of ether oxygens (including phenoxy) is 1. The largest absolute Gasteiger partial charge is 0.480 e. The number of hydrogen-bond acceptors (Lipinski definition) is 4. The fourth-order valence-corrected chi connectivity index (χ4v) is 1.65. The molecule has 0 aromatic carbocycles. The first-order chi connectivity index (χ1) is 6.72. The molecular formula is C9H18N2O3. The van der Waals surface area contributed by atoms with Crippen LogP contribution in [-0.2, 0) is 9.53 Å². The Morgan fingerprint density at radius 1 is 1.71 bits per heavy atom. The number of likely N-dealkylation sites (tertiary alicyclic amines) is 1. The lowest BCUT2D eigenvalue weighted by atomic mass is 10.2. The van der Waals surface area contributed by atoms with Gasteiger partial charge >= 0.3 is 5.97 Å². The second kappa shape index (κ2) is 5.95. The van der Waals surface area contributed by atoms with Gasteiger partial charge < -0.3 is 15.2 Å². The van der Waals surface area contributed by atoms with Crippen molar-refractivity contribution in [2.75, 3.05) is 39.9 Å². The van der Waals surface area contributed by atoms with Crippen LogP contribution in [0.2, 0.25) is 0 Å². The number of carboxylic acid groups (broad SMARTS) is 1. The Bertz CT molecular complexity index is 187. The van der Waals surface area contributed by atoms with Gasteiger partial charge in [-0.15, -0.1) is 0 Å². The van der Waals surface area contributed by atoms with Crippen molar-refractivity contribution in [1.82, 2.24) is 10.2 Å². The Hall–Kier alpha value is -0.650. The van der Waals surface area contributed by atoms with Crippen molar-refractivity contribution in [1.29, 1.82) is 0 Å². The SMILES string of the molecule is COCCN1CCC(NCC(=O)O)C1. The van der Waals surface area contributed by atoms with E-state index < -0.39 is 5.97 Å². The van der Waals surface area contributed by atoms with Crippen LogP contribution in [0.1, 0.15) is 6.42 Å². The molecule has 82 valence electrons. The summed E-state index contributed by atoms with van der Waals surface area (Å²) in [5.41, 5.74) is 0. The number of carboxylic acids is 1. The van der Waals surface area contributed by atoms with E-state index in [1.54, 1.807) is 7.11 Å². The Morgan fingerprint density at radius 2 is 2.50 bits per heavy atom. The van der Waals surface area contributed by atoms with Crippen LogP contribution in [0.5, 0.6) is 0 Å². The lowest BCUT2D eigenvalue weighted by Gasteiger charge is -2.15. The Labute approximate surface area is 84.0 Å². The van der Waals surface area contributed by atoms with Crippen molar-refractivity contribution in [3.05, 3.63) is 0 Å². The minimum Gasteiger partial charge on any atom is -0.480 e. The molecule has 14 heavy (non-hydrogen) atoms. The number of nitrogens with zero attached hydrogens (tertiary/aromatic N) is 1. The summed E-state index contributed by atoms with van der Waals surface area (Å²) in [6, 6.07) is 0.322. The summed E-state index contributed by atoms with van der Waals surface area (Å²) in [6.07, 6.45) is 1.02. The van der Waals surface area contributed by atoms with Crippen LogP contribution in [0, 0.1) is 0 Å². The molecule has 5 heteroatoms. The van der Waals surface area contributed by atoms with Crippen LogP contribution in [-0.4, -0.2) is 61.9 Å². The van der Waals surface area contributed by atoms with E-state index in [-0.39, 0.29) is 6.54 Å². The number of nitrogens with one attached hydrogen (secondary N) is 1. The highest BCUT2D eigenvalue weighted by atomic mass is 16.5. The lowest BCUT2D eigenvalue weighted by Crippen LogP contribution is -2.36. The van der Waals surface area contributed by atoms with E-state index >= 15 is 0 Å². The zero-order valence-corrected chi connectivity index (χ0v) is 8.53. The lowest BCUT2D eigenvalue weighted by molar-refractivity contribution is -0.136. The van der Waals surface area contributed by atoms with Gasteiger partial charge in [0.1, 0.15) is 0 Å². The minimum absolute atomic E-state index is 0.0583. The predicted molar refractivity (Wildman–Crippen MR) is 52.4 cm³/mol. The molecule has 1 rings (SSSR count). The van der Waals surface area contributed by atoms with Crippen LogP contribution in [0.4, 0.5) is 0 Å². The third-order valence-corrected chi connectivity index (χ3v) is 2.43. The molecule has 1 unspecified atom stereocenters. The van der Waals surface area contributed by atoms with Crippen LogP contribution in [0.3, 0.4) is 0 Å². The summed E-state index contributed by atoms with van der Waals surface area (Å²) in [4.78, 5) is 12.6. The second-order valence-electron chi connectivity index (χ2n) is 3.55. The molecule has 2 N–H and O–H groups in total. The maximum atomic E-state index is 10.3. The van der Waals surface area contributed by atoms with Crippen LogP contribution < -0.4 is 5.32 Å². The molecule has 1 aliphatic heterocycles. The predicted octanol–water partition coefficient (Wildman–Crippen LogP) is -0.619. The Morgan fingerprint density at radius 3 is 3.14 bits per heavy atom. The first kappa shape index (κ1) is 11.4. The normalized spacial score (nSPS) is 22.8. The van der Waals surface area contributed by atoms with E-state index in [0.29, 0.717) is 6.04 Å². The quantitative estimate of drug-likeness (QED) is 0.601. The van der Waals surface area contributed by atoms with Gasteiger partial charge in [0.05, 0.1) is 13.2 Å². The van der Waals surface area contributed by atoms with E-state index in [9.17, 15) is 4.79 Å². The molecule has 0 amide bonds. The number of hydrogen-bond donors (Lipinski definition) is 2. The maximum Gasteiger partial charge on any atom is 0.317 e. The van der Waals surface area contributed by atoms with Gasteiger partial charge in [0.15, 0.2) is 0 Å². The average molecular weight is 202 g/mol. The van der Waals surface area contributed by atoms with Gasteiger partial charge in [-0.3, -0.25) is 9.69 Å². The molecule has 5 nitrogen and oxygen atoms in total. The smallest absolute Gasteiger partial charge is 0.317 e. The van der Waals surface area contributed by atoms with Crippen molar-refractivity contribution in [2.45, 2.75) is 12.5 Å². The third kappa shape index (κ3) is 4.04. The Balaban J connectivity index is 2.10. The van der Waals surface area contributed by atoms with Crippen LogP contribution in [0.25, 0.3) is 0 Å². The van der Waals surface area contributed by atoms with E-state index in [4.69, 9.17) is 9.84 Å². The zero-order chi connectivity index (χ0) is 10.4. The maximum absolute atomic E-state index is 10.3. The van der Waals surface area contributed by atoms with E-state index in [2.05, 4.69) is 10.2 Å². The topological polar surface area (TPSA) is 61.8 Å². The average Bonchev–Trinajstić information content (AvgIpc) is 2.59. The van der Waals surface area contributed by atoms with Gasteiger partial charge in [-0.25, -0.2) is 0 Å². The van der Waals surface area contributed by atoms with Crippen molar-refractivity contribution < 1.29 is 14.6 Å². The molecule has 1 atom stereocenters. The number of aliphatic carboxylic acids is 1. The number of carbonyl (C=O) groups is 1. The minimum atomic E-state index is -0.791. The van der Waals surface area contributed by atoms with Gasteiger partial charge in [-0.2, -0.15) is 0 Å². The van der Waals surface area contributed by atoms with Crippen LogP contribution >= 0.6 is 0 Å². The standard InChI is InChI=1S/C9H18N2O3/c1-14-5-4-11-3-2-8(7-11)10-6-9(12)13/h8,10H,2-7H2,1H3,(H,12,13). The molecule has 1 fully saturated rings. The molecule has 0 aromatic heterocycles. The zero-order valence-electron chi connectivity index (χ0n) is 8.53. The summed E-state index contributed by atoms with van der Waals surface area (Å²) in [6.45, 7) is 3.69. The fourth-order valence-electron chi connectivity index (χ4n) is 1.65. The number of rotatable bonds is 6. The molecule has 0 spiro atoms. The first-order valence-electron chi connectivity index (χ1n) is 4.89. The summed E-state index contributed by atoms with van der Waals surface area (Å²) in [5, 5.41) is 11.5. The van der Waals surface area contributed by atoms with Gasteiger partial charge in [-0.05, 0) is 13.0 Å². The summed E-state index contributed by atoms with van der Waals surface area (Å²) < 4.78 is 4.98. The van der Waals surface area contributed by atoms with Crippen LogP contribution in [0.15, 0.2) is 0 Å². The van der Waals surface area contributed by atoms with Gasteiger partial charge in [0, 0.05) is 26.2 Å². The van der Waals surface area contributed by atoms with Crippen molar-refractivity contribution in [2.24, 2.45) is 0 Å². The van der Waals surface area contributed by atoms with Gasteiger partial charge in [0.2, 0.25) is 0 Å². The highest BCUT2D eigenvalue weighted by molar-refractivity contribution is 5.69. The van der Waals surface area contributed by atoms with Crippen molar-refractivity contribution in [3.63, 3.8) is 0 Å². The molecule has 0 saturated carbocycles. The summed E-state index contributed by atoms with van der Waals surface area (Å²) >= 11 is 0. The molecular weight excluding hydrogens is 184 g/mol. The van der Waals surface area contributed by atoms with E-state index in [1.807, 2.05) is 0 Å². The number of methoxy groups -OCH3 is 1. The highest BCUT2D eigenvalue weighted by Crippen LogP contribution is 2.07. The monoisotopic (exact) mass is 202 g/mol.